The van der Waals surface area contributed by atoms with Crippen LogP contribution in [0, 0.1) is 13.8 Å². The molecule has 0 N–H and O–H groups in total. The number of aryl methyl sites for hydroxylation is 2. The van der Waals surface area contributed by atoms with Gasteiger partial charge in [0.25, 0.3) is 0 Å². The van der Waals surface area contributed by atoms with Crippen LogP contribution in [0.1, 0.15) is 27.4 Å². The second-order valence-corrected chi connectivity index (χ2v) is 4.81. The molecule has 0 radical (unpaired) electrons. The summed E-state index contributed by atoms with van der Waals surface area (Å²) in [6.07, 6.45) is 2.96. The average molecular weight is 322 g/mol. The molecular weight excluding hydrogens is 306 g/mol. The van der Waals surface area contributed by atoms with Gasteiger partial charge in [0.15, 0.2) is 17.3 Å². The minimum atomic E-state index is -2.93. The predicted molar refractivity (Wildman–Crippen MR) is 81.2 cm³/mol. The molecule has 0 unspecified atom stereocenters. The van der Waals surface area contributed by atoms with Gasteiger partial charge < -0.3 is 13.9 Å². The summed E-state index contributed by atoms with van der Waals surface area (Å²) in [4.78, 5) is 12.1. The maximum absolute atomic E-state index is 12.3. The van der Waals surface area contributed by atoms with Crippen molar-refractivity contribution in [2.45, 2.75) is 20.5 Å². The van der Waals surface area contributed by atoms with Crippen molar-refractivity contribution >= 4 is 11.9 Å². The van der Waals surface area contributed by atoms with Gasteiger partial charge in [-0.15, -0.1) is 0 Å². The van der Waals surface area contributed by atoms with E-state index in [2.05, 4.69) is 4.74 Å². The molecule has 1 aromatic carbocycles. The lowest BCUT2D eigenvalue weighted by atomic mass is 10.1. The number of methoxy groups -OCH3 is 1. The largest absolute Gasteiger partial charge is 0.493 e. The number of hydrogen-bond acceptors (Lipinski definition) is 4. The first-order chi connectivity index (χ1) is 10.9. The van der Waals surface area contributed by atoms with Crippen molar-refractivity contribution in [2.75, 3.05) is 7.11 Å². The molecule has 0 fully saturated rings. The third kappa shape index (κ3) is 4.18. The molecule has 122 valence electrons. The first-order valence-corrected chi connectivity index (χ1v) is 6.83. The Hall–Kier alpha value is -2.63. The molecule has 0 atom stereocenters. The minimum absolute atomic E-state index is 0.0627. The van der Waals surface area contributed by atoms with Gasteiger partial charge in [-0.25, -0.2) is 0 Å². The molecule has 0 aliphatic carbocycles. The zero-order valence-electron chi connectivity index (χ0n) is 12.9. The Morgan fingerprint density at radius 3 is 2.52 bits per heavy atom. The number of carbonyl (C=O) groups is 1. The molecule has 0 amide bonds. The van der Waals surface area contributed by atoms with Gasteiger partial charge in [0.05, 0.1) is 12.7 Å². The number of ether oxygens (including phenoxy) is 2. The Labute approximate surface area is 132 Å². The van der Waals surface area contributed by atoms with E-state index in [1.54, 1.807) is 32.1 Å². The topological polar surface area (TPSA) is 48.7 Å². The van der Waals surface area contributed by atoms with E-state index in [1.807, 2.05) is 0 Å². The van der Waals surface area contributed by atoms with Crippen LogP contribution < -0.4 is 9.47 Å². The lowest BCUT2D eigenvalue weighted by Crippen LogP contribution is -2.03. The van der Waals surface area contributed by atoms with Crippen LogP contribution in [0.2, 0.25) is 0 Å². The molecule has 4 nitrogen and oxygen atoms in total. The first kappa shape index (κ1) is 16.7. The molecule has 0 saturated carbocycles. The number of ketones is 1. The minimum Gasteiger partial charge on any atom is -0.493 e. The lowest BCUT2D eigenvalue weighted by molar-refractivity contribution is -0.0512. The van der Waals surface area contributed by atoms with Gasteiger partial charge >= 0.3 is 6.61 Å². The van der Waals surface area contributed by atoms with Crippen LogP contribution in [0.5, 0.6) is 11.5 Å². The Bertz CT molecular complexity index is 732. The molecular formula is C17H16F2O4. The van der Waals surface area contributed by atoms with Gasteiger partial charge in [0.1, 0.15) is 11.5 Å². The fourth-order valence-corrected chi connectivity index (χ4v) is 2.12. The van der Waals surface area contributed by atoms with E-state index in [1.165, 1.54) is 25.3 Å². The van der Waals surface area contributed by atoms with Crippen molar-refractivity contribution in [1.82, 2.24) is 0 Å². The van der Waals surface area contributed by atoms with E-state index in [0.29, 0.717) is 22.6 Å². The fourth-order valence-electron chi connectivity index (χ4n) is 2.12. The van der Waals surface area contributed by atoms with Crippen molar-refractivity contribution in [3.8, 4) is 11.5 Å². The second-order valence-electron chi connectivity index (χ2n) is 4.81. The van der Waals surface area contributed by atoms with Gasteiger partial charge in [-0.1, -0.05) is 12.1 Å². The Morgan fingerprint density at radius 2 is 1.96 bits per heavy atom. The number of benzene rings is 1. The Morgan fingerprint density at radius 1 is 1.22 bits per heavy atom. The maximum Gasteiger partial charge on any atom is 0.387 e. The lowest BCUT2D eigenvalue weighted by Gasteiger charge is -2.10. The molecule has 0 spiro atoms. The molecule has 0 bridgehead atoms. The highest BCUT2D eigenvalue weighted by molar-refractivity contribution is 6.07. The number of halogens is 2. The molecule has 6 heteroatoms. The number of furan rings is 1. The van der Waals surface area contributed by atoms with E-state index in [9.17, 15) is 13.6 Å². The molecule has 0 aliphatic heterocycles. The van der Waals surface area contributed by atoms with Crippen molar-refractivity contribution in [3.63, 3.8) is 0 Å². The SMILES string of the molecule is COc1cc(/C=C/C(=O)c2cc(C)oc2C)ccc1OC(F)F. The van der Waals surface area contributed by atoms with Crippen LogP contribution in [0.4, 0.5) is 8.78 Å². The summed E-state index contributed by atoms with van der Waals surface area (Å²) in [5, 5.41) is 0. The van der Waals surface area contributed by atoms with Crippen LogP contribution in [-0.2, 0) is 0 Å². The van der Waals surface area contributed by atoms with Crippen LogP contribution in [0.25, 0.3) is 6.08 Å². The van der Waals surface area contributed by atoms with Crippen LogP contribution in [0.3, 0.4) is 0 Å². The van der Waals surface area contributed by atoms with E-state index in [-0.39, 0.29) is 17.3 Å². The second kappa shape index (κ2) is 7.09. The summed E-state index contributed by atoms with van der Waals surface area (Å²) in [6, 6.07) is 6.09. The zero-order chi connectivity index (χ0) is 17.0. The summed E-state index contributed by atoms with van der Waals surface area (Å²) in [5.41, 5.74) is 1.11. The maximum atomic E-state index is 12.3. The van der Waals surface area contributed by atoms with Crippen molar-refractivity contribution < 1.29 is 27.5 Å². The number of carbonyl (C=O) groups excluding carboxylic acids is 1. The van der Waals surface area contributed by atoms with Crippen molar-refractivity contribution in [1.29, 1.82) is 0 Å². The third-order valence-electron chi connectivity index (χ3n) is 3.14. The van der Waals surface area contributed by atoms with Crippen LogP contribution in [0.15, 0.2) is 34.8 Å². The number of allylic oxidation sites excluding steroid dienone is 1. The monoisotopic (exact) mass is 322 g/mol. The fraction of sp³-hybridized carbons (Fsp3) is 0.235. The summed E-state index contributed by atoms with van der Waals surface area (Å²) >= 11 is 0. The zero-order valence-corrected chi connectivity index (χ0v) is 12.9. The van der Waals surface area contributed by atoms with E-state index < -0.39 is 6.61 Å². The van der Waals surface area contributed by atoms with Gasteiger partial charge in [0, 0.05) is 0 Å². The predicted octanol–water partition coefficient (Wildman–Crippen LogP) is 4.40. The molecule has 1 heterocycles. The Kier molecular flexibility index (Phi) is 5.16. The molecule has 2 aromatic rings. The van der Waals surface area contributed by atoms with E-state index >= 15 is 0 Å². The molecule has 2 rings (SSSR count). The van der Waals surface area contributed by atoms with Gasteiger partial charge in [-0.3, -0.25) is 4.79 Å². The normalized spacial score (nSPS) is 11.2. The molecule has 23 heavy (non-hydrogen) atoms. The van der Waals surface area contributed by atoms with Gasteiger partial charge in [-0.05, 0) is 43.7 Å². The van der Waals surface area contributed by atoms with Crippen LogP contribution in [-0.4, -0.2) is 19.5 Å². The number of alkyl halides is 2. The van der Waals surface area contributed by atoms with E-state index in [0.717, 1.165) is 0 Å². The summed E-state index contributed by atoms with van der Waals surface area (Å²) < 4.78 is 39.2. The third-order valence-corrected chi connectivity index (χ3v) is 3.14. The summed E-state index contributed by atoms with van der Waals surface area (Å²) in [5.74, 6) is 1.11. The summed E-state index contributed by atoms with van der Waals surface area (Å²) in [7, 11) is 1.35. The quantitative estimate of drug-likeness (QED) is 0.584. The van der Waals surface area contributed by atoms with Gasteiger partial charge in [0.2, 0.25) is 0 Å². The van der Waals surface area contributed by atoms with Crippen molar-refractivity contribution in [2.24, 2.45) is 0 Å². The summed E-state index contributed by atoms with van der Waals surface area (Å²) in [6.45, 7) is 0.549. The van der Waals surface area contributed by atoms with Crippen LogP contribution >= 0.6 is 0 Å². The highest BCUT2D eigenvalue weighted by atomic mass is 19.3. The smallest absolute Gasteiger partial charge is 0.387 e. The highest BCUT2D eigenvalue weighted by Crippen LogP contribution is 2.30. The first-order valence-electron chi connectivity index (χ1n) is 6.83. The standard InChI is InChI=1S/C17H16F2O4/c1-10-8-13(11(2)22-10)14(20)6-4-12-5-7-15(23-17(18)19)16(9-12)21-3/h4-9,17H,1-3H3/b6-4+. The van der Waals surface area contributed by atoms with Crippen molar-refractivity contribution in [3.05, 3.63) is 53.0 Å². The molecule has 0 saturated heterocycles. The Balaban J connectivity index is 2.19. The molecule has 0 aliphatic rings. The average Bonchev–Trinajstić information content (AvgIpc) is 2.84. The van der Waals surface area contributed by atoms with Gasteiger partial charge in [-0.2, -0.15) is 8.78 Å². The molecule has 1 aromatic heterocycles. The highest BCUT2D eigenvalue weighted by Gasteiger charge is 2.12. The van der Waals surface area contributed by atoms with E-state index in [4.69, 9.17) is 9.15 Å². The number of hydrogen-bond donors (Lipinski definition) is 0. The number of rotatable bonds is 6.